The molecule has 0 amide bonds. The maximum absolute atomic E-state index is 12.7. The van der Waals surface area contributed by atoms with Gasteiger partial charge in [-0.25, -0.2) is 8.78 Å². The predicted octanol–water partition coefficient (Wildman–Crippen LogP) is 3.50. The zero-order valence-electron chi connectivity index (χ0n) is 10.9. The molecule has 20 heavy (non-hydrogen) atoms. The van der Waals surface area contributed by atoms with Crippen LogP contribution in [0.1, 0.15) is 48.0 Å². The van der Waals surface area contributed by atoms with E-state index in [4.69, 9.17) is 0 Å². The monoisotopic (exact) mass is 298 g/mol. The van der Waals surface area contributed by atoms with Gasteiger partial charge < -0.3 is 0 Å². The first kappa shape index (κ1) is 13.9. The molecule has 1 aromatic carbocycles. The number of carbonyl (C=O) groups excluding carboxylic acids is 1. The van der Waals surface area contributed by atoms with Gasteiger partial charge in [-0.05, 0) is 31.7 Å². The van der Waals surface area contributed by atoms with Crippen molar-refractivity contribution < 1.29 is 17.8 Å². The lowest BCUT2D eigenvalue weighted by Gasteiger charge is -2.26. The van der Waals surface area contributed by atoms with E-state index < -0.39 is 17.2 Å². The quantitative estimate of drug-likeness (QED) is 0.800. The second kappa shape index (κ2) is 5.35. The molecule has 0 radical (unpaired) electrons. The van der Waals surface area contributed by atoms with E-state index in [2.05, 4.69) is 0 Å². The third-order valence-corrected chi connectivity index (χ3v) is 6.53. The Morgan fingerprint density at radius 2 is 1.85 bits per heavy atom. The number of hydrogen-bond acceptors (Lipinski definition) is 2. The molecule has 2 heterocycles. The van der Waals surface area contributed by atoms with Crippen LogP contribution >= 0.6 is 0 Å². The van der Waals surface area contributed by atoms with Gasteiger partial charge in [0.05, 0.1) is 0 Å². The summed E-state index contributed by atoms with van der Waals surface area (Å²) in [5.74, 6) is -0.223. The molecular weight excluding hydrogens is 282 g/mol. The topological polar surface area (TPSA) is 34.1 Å². The fraction of sp³-hybridized carbons (Fsp3) is 0.533. The van der Waals surface area contributed by atoms with Crippen molar-refractivity contribution >= 4 is 16.6 Å². The van der Waals surface area contributed by atoms with E-state index in [1.165, 1.54) is 18.2 Å². The Morgan fingerprint density at radius 1 is 1.20 bits per heavy atom. The first-order chi connectivity index (χ1) is 9.56. The van der Waals surface area contributed by atoms with Crippen LogP contribution in [-0.4, -0.2) is 20.5 Å². The van der Waals surface area contributed by atoms with E-state index in [-0.39, 0.29) is 27.8 Å². The van der Waals surface area contributed by atoms with Gasteiger partial charge in [0.25, 0.3) is 6.43 Å². The molecule has 0 saturated carbocycles. The number of benzene rings is 1. The zero-order valence-corrected chi connectivity index (χ0v) is 11.7. The van der Waals surface area contributed by atoms with Crippen LogP contribution in [0.5, 0.6) is 0 Å². The van der Waals surface area contributed by atoms with Crippen molar-refractivity contribution in [1.82, 2.24) is 0 Å². The molecule has 2 atom stereocenters. The van der Waals surface area contributed by atoms with Crippen molar-refractivity contribution in [2.24, 2.45) is 5.92 Å². The fourth-order valence-electron chi connectivity index (χ4n) is 3.31. The number of fused-ring (bicyclic) bond motifs is 2. The Balaban J connectivity index is 1.80. The van der Waals surface area contributed by atoms with E-state index in [0.29, 0.717) is 18.4 Å². The summed E-state index contributed by atoms with van der Waals surface area (Å²) in [7, 11) is -0.796. The normalized spacial score (nSPS) is 32.5. The molecule has 2 aliphatic heterocycles. The van der Waals surface area contributed by atoms with Gasteiger partial charge in [-0.1, -0.05) is 18.2 Å². The Bertz CT molecular complexity index is 543. The molecular formula is C15H16F2O2S. The minimum atomic E-state index is -2.56. The number of Topliss-reactive ketones (excluding diaryl/α,β-unsaturated/α-hetero) is 1. The highest BCUT2D eigenvalue weighted by atomic mass is 32.2. The molecule has 3 rings (SSSR count). The smallest absolute Gasteiger partial charge is 0.263 e. The number of carbonyl (C=O) groups is 1. The molecule has 108 valence electrons. The SMILES string of the molecule is O=C(c1cccc(C(F)F)c1)C1CC2CCC(C1)S2=O. The van der Waals surface area contributed by atoms with Crippen LogP contribution in [0.3, 0.4) is 0 Å². The maximum atomic E-state index is 12.7. The van der Waals surface area contributed by atoms with Gasteiger partial charge in [-0.15, -0.1) is 0 Å². The highest BCUT2D eigenvalue weighted by molar-refractivity contribution is 7.86. The van der Waals surface area contributed by atoms with Crippen molar-refractivity contribution in [3.05, 3.63) is 35.4 Å². The van der Waals surface area contributed by atoms with Crippen LogP contribution in [0, 0.1) is 5.92 Å². The summed E-state index contributed by atoms with van der Waals surface area (Å²) in [5.41, 5.74) is 0.248. The second-order valence-corrected chi connectivity index (χ2v) is 7.60. The Hall–Kier alpha value is -1.10. The van der Waals surface area contributed by atoms with E-state index in [1.807, 2.05) is 0 Å². The van der Waals surface area contributed by atoms with Crippen LogP contribution in [0.2, 0.25) is 0 Å². The summed E-state index contributed by atoms with van der Waals surface area (Å²) >= 11 is 0. The fourth-order valence-corrected chi connectivity index (χ4v) is 5.44. The maximum Gasteiger partial charge on any atom is 0.263 e. The molecule has 2 unspecified atom stereocenters. The highest BCUT2D eigenvalue weighted by Gasteiger charge is 2.42. The van der Waals surface area contributed by atoms with Crippen LogP contribution in [0.25, 0.3) is 0 Å². The standard InChI is InChI=1S/C15H16F2O2S/c16-15(17)10-3-1-2-9(6-10)14(18)11-7-12-4-5-13(8-11)20(12)19/h1-3,6,11-13,15H,4-5,7-8H2. The third kappa shape index (κ3) is 2.43. The molecule has 0 N–H and O–H groups in total. The summed E-state index contributed by atoms with van der Waals surface area (Å²) in [4.78, 5) is 12.5. The summed E-state index contributed by atoms with van der Waals surface area (Å²) < 4.78 is 37.3. The average Bonchev–Trinajstić information content (AvgIpc) is 2.68. The largest absolute Gasteiger partial charge is 0.294 e. The molecule has 0 aromatic heterocycles. The van der Waals surface area contributed by atoms with E-state index in [1.54, 1.807) is 6.07 Å². The first-order valence-electron chi connectivity index (χ1n) is 6.88. The number of hydrogen-bond donors (Lipinski definition) is 0. The number of ketones is 1. The van der Waals surface area contributed by atoms with Crippen molar-refractivity contribution in [1.29, 1.82) is 0 Å². The molecule has 0 aliphatic carbocycles. The molecule has 2 fully saturated rings. The molecule has 5 heteroatoms. The van der Waals surface area contributed by atoms with E-state index >= 15 is 0 Å². The Labute approximate surface area is 119 Å². The lowest BCUT2D eigenvalue weighted by molar-refractivity contribution is 0.0905. The van der Waals surface area contributed by atoms with Gasteiger partial charge in [0, 0.05) is 38.3 Å². The molecule has 2 saturated heterocycles. The molecule has 1 aromatic rings. The molecule has 2 bridgehead atoms. The van der Waals surface area contributed by atoms with E-state index in [0.717, 1.165) is 12.8 Å². The van der Waals surface area contributed by atoms with Crippen molar-refractivity contribution in [2.45, 2.75) is 42.6 Å². The molecule has 2 nitrogen and oxygen atoms in total. The third-order valence-electron chi connectivity index (χ3n) is 4.36. The van der Waals surface area contributed by atoms with Gasteiger partial charge in [0.2, 0.25) is 0 Å². The summed E-state index contributed by atoms with van der Waals surface area (Å²) in [5, 5.41) is 0.252. The Kier molecular flexibility index (Phi) is 3.71. The van der Waals surface area contributed by atoms with Crippen LogP contribution < -0.4 is 0 Å². The predicted molar refractivity (Wildman–Crippen MR) is 73.4 cm³/mol. The highest BCUT2D eigenvalue weighted by Crippen LogP contribution is 2.40. The van der Waals surface area contributed by atoms with Gasteiger partial charge in [0.15, 0.2) is 5.78 Å². The Morgan fingerprint density at radius 3 is 2.45 bits per heavy atom. The molecule has 2 aliphatic rings. The van der Waals surface area contributed by atoms with Crippen LogP contribution in [0.15, 0.2) is 24.3 Å². The van der Waals surface area contributed by atoms with Crippen LogP contribution in [0.4, 0.5) is 8.78 Å². The summed E-state index contributed by atoms with van der Waals surface area (Å²) in [6.07, 6.45) is 0.579. The van der Waals surface area contributed by atoms with Gasteiger partial charge in [0.1, 0.15) is 0 Å². The van der Waals surface area contributed by atoms with Crippen LogP contribution in [-0.2, 0) is 10.8 Å². The average molecular weight is 298 g/mol. The second-order valence-electron chi connectivity index (χ2n) is 5.61. The van der Waals surface area contributed by atoms with Crippen molar-refractivity contribution in [3.63, 3.8) is 0 Å². The number of halogens is 2. The minimum absolute atomic E-state index is 0.0684. The first-order valence-corrected chi connectivity index (χ1v) is 8.15. The number of alkyl halides is 2. The van der Waals surface area contributed by atoms with Crippen molar-refractivity contribution in [3.8, 4) is 0 Å². The van der Waals surface area contributed by atoms with Gasteiger partial charge in [-0.2, -0.15) is 0 Å². The van der Waals surface area contributed by atoms with Gasteiger partial charge in [-0.3, -0.25) is 9.00 Å². The van der Waals surface area contributed by atoms with Crippen molar-refractivity contribution in [2.75, 3.05) is 0 Å². The zero-order chi connectivity index (χ0) is 14.3. The summed E-state index contributed by atoms with van der Waals surface area (Å²) in [6.45, 7) is 0. The molecule has 0 spiro atoms. The van der Waals surface area contributed by atoms with Gasteiger partial charge >= 0.3 is 0 Å². The summed E-state index contributed by atoms with van der Waals surface area (Å²) in [6, 6.07) is 5.73. The lowest BCUT2D eigenvalue weighted by Crippen LogP contribution is -2.32. The number of rotatable bonds is 3. The lowest BCUT2D eigenvalue weighted by atomic mass is 9.90. The minimum Gasteiger partial charge on any atom is -0.294 e. The van der Waals surface area contributed by atoms with E-state index in [9.17, 15) is 17.8 Å².